The number of benzene rings is 1. The fourth-order valence-electron chi connectivity index (χ4n) is 2.66. The Morgan fingerprint density at radius 2 is 2.17 bits per heavy atom. The number of aromatic nitrogens is 2. The number of nitrogens with one attached hydrogen (secondary N) is 2. The molecule has 1 aliphatic rings. The molecule has 1 heterocycles. The number of fused-ring (bicyclic) bond motifs is 1. The second-order valence-corrected chi connectivity index (χ2v) is 8.45. The number of carbonyl (C=O) groups excluding carboxylic acids is 1. The second-order valence-electron chi connectivity index (χ2n) is 5.89. The van der Waals surface area contributed by atoms with E-state index in [9.17, 15) is 4.79 Å². The zero-order valence-corrected chi connectivity index (χ0v) is 15.6. The first-order valence-corrected chi connectivity index (χ1v) is 10.0. The van der Waals surface area contributed by atoms with Gasteiger partial charge < -0.3 is 10.6 Å². The molecular weight excluding hydrogens is 340 g/mol. The van der Waals surface area contributed by atoms with Crippen molar-refractivity contribution in [1.82, 2.24) is 10.2 Å². The summed E-state index contributed by atoms with van der Waals surface area (Å²) in [5, 5.41) is 15.0. The van der Waals surface area contributed by atoms with E-state index in [-0.39, 0.29) is 11.2 Å². The third-order valence-corrected chi connectivity index (χ3v) is 6.01. The van der Waals surface area contributed by atoms with Gasteiger partial charge in [0.1, 0.15) is 0 Å². The zero-order chi connectivity index (χ0) is 16.9. The van der Waals surface area contributed by atoms with E-state index in [2.05, 4.69) is 39.9 Å². The minimum absolute atomic E-state index is 0.00351. The fourth-order valence-corrected chi connectivity index (χ4v) is 4.58. The van der Waals surface area contributed by atoms with Crippen molar-refractivity contribution in [2.45, 2.75) is 49.1 Å². The number of rotatable bonds is 7. The van der Waals surface area contributed by atoms with Crippen molar-refractivity contribution >= 4 is 39.8 Å². The zero-order valence-electron chi connectivity index (χ0n) is 14.0. The van der Waals surface area contributed by atoms with Gasteiger partial charge in [0.2, 0.25) is 11.0 Å². The van der Waals surface area contributed by atoms with E-state index in [0.717, 1.165) is 41.0 Å². The molecule has 0 radical (unpaired) electrons. The topological polar surface area (TPSA) is 66.9 Å². The Labute approximate surface area is 150 Å². The van der Waals surface area contributed by atoms with Crippen LogP contribution < -0.4 is 10.6 Å². The first kappa shape index (κ1) is 17.2. The average Bonchev–Trinajstić information content (AvgIpc) is 3.21. The van der Waals surface area contributed by atoms with Crippen molar-refractivity contribution in [3.05, 3.63) is 29.3 Å². The molecule has 128 valence electrons. The molecule has 0 bridgehead atoms. The number of nitrogens with zero attached hydrogens (tertiary/aromatic N) is 2. The molecule has 1 amide bonds. The molecule has 3 rings (SSSR count). The summed E-state index contributed by atoms with van der Waals surface area (Å²) in [6.45, 7) is 4.89. The van der Waals surface area contributed by atoms with Crippen molar-refractivity contribution < 1.29 is 4.79 Å². The van der Waals surface area contributed by atoms with Crippen molar-refractivity contribution in [3.63, 3.8) is 0 Å². The van der Waals surface area contributed by atoms with E-state index in [1.54, 1.807) is 0 Å². The average molecular weight is 363 g/mol. The smallest absolute Gasteiger partial charge is 0.237 e. The number of amides is 1. The molecule has 1 atom stereocenters. The Morgan fingerprint density at radius 1 is 1.33 bits per heavy atom. The van der Waals surface area contributed by atoms with Gasteiger partial charge in [-0.05, 0) is 55.9 Å². The summed E-state index contributed by atoms with van der Waals surface area (Å²) in [5.41, 5.74) is 3.66. The summed E-state index contributed by atoms with van der Waals surface area (Å²) in [7, 11) is 0. The fraction of sp³-hybridized carbons (Fsp3) is 0.471. The van der Waals surface area contributed by atoms with Gasteiger partial charge in [-0.3, -0.25) is 4.79 Å². The van der Waals surface area contributed by atoms with Gasteiger partial charge in [0.15, 0.2) is 4.34 Å². The molecule has 0 fully saturated rings. The van der Waals surface area contributed by atoms with E-state index in [0.29, 0.717) is 0 Å². The molecule has 1 aliphatic carbocycles. The Balaban J connectivity index is 1.55. The van der Waals surface area contributed by atoms with Crippen LogP contribution >= 0.6 is 23.1 Å². The maximum atomic E-state index is 12.4. The van der Waals surface area contributed by atoms with Gasteiger partial charge >= 0.3 is 0 Å². The molecule has 1 aromatic carbocycles. The van der Waals surface area contributed by atoms with Crippen LogP contribution in [0.15, 0.2) is 22.5 Å². The van der Waals surface area contributed by atoms with Crippen molar-refractivity contribution in [3.8, 4) is 0 Å². The molecule has 2 aromatic rings. The summed E-state index contributed by atoms with van der Waals surface area (Å²) in [6.07, 6.45) is 4.52. The van der Waals surface area contributed by atoms with Gasteiger partial charge in [-0.2, -0.15) is 0 Å². The molecule has 0 saturated heterocycles. The molecule has 1 aromatic heterocycles. The standard InChI is InChI=1S/C17H22N4OS2/c1-3-9-18-16-20-21-17(24-16)23-11(2)15(22)19-14-8-7-12-5-4-6-13(12)10-14/h7-8,10-11H,3-6,9H2,1-2H3,(H,18,20)(H,19,22)/t11-/m0/s1. The Bertz CT molecular complexity index is 716. The molecule has 2 N–H and O–H groups in total. The largest absolute Gasteiger partial charge is 0.360 e. The van der Waals surface area contributed by atoms with E-state index >= 15 is 0 Å². The van der Waals surface area contributed by atoms with Gasteiger partial charge in [-0.25, -0.2) is 0 Å². The minimum Gasteiger partial charge on any atom is -0.360 e. The predicted octanol–water partition coefficient (Wildman–Crippen LogP) is 3.97. The van der Waals surface area contributed by atoms with Crippen molar-refractivity contribution in [2.75, 3.05) is 17.2 Å². The Kier molecular flexibility index (Phi) is 5.73. The normalized spacial score (nSPS) is 14.2. The minimum atomic E-state index is -0.217. The summed E-state index contributed by atoms with van der Waals surface area (Å²) in [5.74, 6) is -0.00351. The molecule has 24 heavy (non-hydrogen) atoms. The van der Waals surface area contributed by atoms with E-state index < -0.39 is 0 Å². The van der Waals surface area contributed by atoms with Gasteiger partial charge in [0.25, 0.3) is 0 Å². The summed E-state index contributed by atoms with van der Waals surface area (Å²) < 4.78 is 0.810. The highest BCUT2D eigenvalue weighted by atomic mass is 32.2. The number of aryl methyl sites for hydroxylation is 2. The molecular formula is C17H22N4OS2. The highest BCUT2D eigenvalue weighted by Crippen LogP contribution is 2.30. The van der Waals surface area contributed by atoms with Crippen LogP contribution in [-0.4, -0.2) is 27.9 Å². The second kappa shape index (κ2) is 7.98. The molecule has 0 saturated carbocycles. The Morgan fingerprint density at radius 3 is 3.00 bits per heavy atom. The van der Waals surface area contributed by atoms with Gasteiger partial charge in [-0.1, -0.05) is 36.1 Å². The summed E-state index contributed by atoms with van der Waals surface area (Å²) in [4.78, 5) is 12.4. The van der Waals surface area contributed by atoms with Gasteiger partial charge in [-0.15, -0.1) is 10.2 Å². The lowest BCUT2D eigenvalue weighted by Gasteiger charge is -2.11. The number of carbonyl (C=O) groups is 1. The number of thioether (sulfide) groups is 1. The lowest BCUT2D eigenvalue weighted by molar-refractivity contribution is -0.115. The molecule has 7 heteroatoms. The Hall–Kier alpha value is -1.60. The maximum absolute atomic E-state index is 12.4. The molecule has 5 nitrogen and oxygen atoms in total. The highest BCUT2D eigenvalue weighted by molar-refractivity contribution is 8.02. The van der Waals surface area contributed by atoms with Gasteiger partial charge in [0.05, 0.1) is 5.25 Å². The van der Waals surface area contributed by atoms with Crippen molar-refractivity contribution in [2.24, 2.45) is 0 Å². The van der Waals surface area contributed by atoms with Crippen LogP contribution in [-0.2, 0) is 17.6 Å². The maximum Gasteiger partial charge on any atom is 0.237 e. The highest BCUT2D eigenvalue weighted by Gasteiger charge is 2.18. The van der Waals surface area contributed by atoms with Crippen LogP contribution in [0.25, 0.3) is 0 Å². The third kappa shape index (κ3) is 4.27. The van der Waals surface area contributed by atoms with Crippen LogP contribution in [0.4, 0.5) is 10.8 Å². The molecule has 0 aliphatic heterocycles. The lowest BCUT2D eigenvalue weighted by atomic mass is 10.1. The monoisotopic (exact) mass is 362 g/mol. The number of anilines is 2. The number of hydrogen-bond donors (Lipinski definition) is 2. The van der Waals surface area contributed by atoms with Crippen LogP contribution in [0.5, 0.6) is 0 Å². The van der Waals surface area contributed by atoms with Crippen molar-refractivity contribution in [1.29, 1.82) is 0 Å². The van der Waals surface area contributed by atoms with Crippen LogP contribution in [0, 0.1) is 0 Å². The predicted molar refractivity (Wildman–Crippen MR) is 101 cm³/mol. The summed E-state index contributed by atoms with van der Waals surface area (Å²) >= 11 is 2.93. The number of hydrogen-bond acceptors (Lipinski definition) is 6. The lowest BCUT2D eigenvalue weighted by Crippen LogP contribution is -2.22. The first-order chi connectivity index (χ1) is 11.7. The van der Waals surface area contributed by atoms with E-state index in [4.69, 9.17) is 0 Å². The molecule has 0 spiro atoms. The first-order valence-electron chi connectivity index (χ1n) is 8.32. The quantitative estimate of drug-likeness (QED) is 0.730. The summed E-state index contributed by atoms with van der Waals surface area (Å²) in [6, 6.07) is 6.23. The molecule has 0 unspecified atom stereocenters. The van der Waals surface area contributed by atoms with Gasteiger partial charge in [0, 0.05) is 12.2 Å². The SMILES string of the molecule is CCCNc1nnc(S[C@@H](C)C(=O)Nc2ccc3c(c2)CCC3)s1. The van der Waals surface area contributed by atoms with Crippen LogP contribution in [0.3, 0.4) is 0 Å². The third-order valence-electron chi connectivity index (χ3n) is 3.95. The van der Waals surface area contributed by atoms with Crippen LogP contribution in [0.1, 0.15) is 37.8 Å². The van der Waals surface area contributed by atoms with E-state index in [1.807, 2.05) is 13.0 Å². The van der Waals surface area contributed by atoms with E-state index in [1.165, 1.54) is 40.6 Å². The van der Waals surface area contributed by atoms with Crippen LogP contribution in [0.2, 0.25) is 0 Å².